The van der Waals surface area contributed by atoms with E-state index in [-0.39, 0.29) is 12.4 Å². The molecular weight excluding hydrogens is 166 g/mol. The third kappa shape index (κ3) is 1.56. The molecule has 4 heteroatoms. The van der Waals surface area contributed by atoms with Gasteiger partial charge in [0.15, 0.2) is 0 Å². The maximum atomic E-state index is 9.12. The summed E-state index contributed by atoms with van der Waals surface area (Å²) in [7, 11) is 0. The van der Waals surface area contributed by atoms with Gasteiger partial charge in [-0.3, -0.25) is 0 Å². The summed E-state index contributed by atoms with van der Waals surface area (Å²) in [4.78, 5) is 0. The van der Waals surface area contributed by atoms with Crippen LogP contribution in [0.5, 0.6) is 5.75 Å². The van der Waals surface area contributed by atoms with Gasteiger partial charge in [-0.2, -0.15) is 0 Å². The van der Waals surface area contributed by atoms with E-state index in [4.69, 9.17) is 27.5 Å². The third-order valence-electron chi connectivity index (χ3n) is 1.37. The first-order valence-electron chi connectivity index (χ1n) is 3.03. The van der Waals surface area contributed by atoms with Gasteiger partial charge in [0.2, 0.25) is 0 Å². The molecule has 0 saturated heterocycles. The van der Waals surface area contributed by atoms with E-state index in [1.807, 2.05) is 0 Å². The molecule has 0 aromatic heterocycles. The molecule has 0 saturated carbocycles. The highest BCUT2D eigenvalue weighted by Gasteiger charge is 2.03. The van der Waals surface area contributed by atoms with Crippen LogP contribution in [0.4, 0.5) is 5.69 Å². The van der Waals surface area contributed by atoms with Crippen molar-refractivity contribution < 1.29 is 10.2 Å². The van der Waals surface area contributed by atoms with Gasteiger partial charge in [0.25, 0.3) is 0 Å². The van der Waals surface area contributed by atoms with E-state index >= 15 is 0 Å². The van der Waals surface area contributed by atoms with Gasteiger partial charge in [-0.25, -0.2) is 0 Å². The summed E-state index contributed by atoms with van der Waals surface area (Å²) in [5, 5.41) is 18.1. The van der Waals surface area contributed by atoms with Crippen molar-refractivity contribution in [1.29, 1.82) is 0 Å². The van der Waals surface area contributed by atoms with Gasteiger partial charge >= 0.3 is 0 Å². The van der Waals surface area contributed by atoms with Gasteiger partial charge in [0.1, 0.15) is 5.75 Å². The Hall–Kier alpha value is -0.930. The number of halogens is 1. The summed E-state index contributed by atoms with van der Waals surface area (Å²) < 4.78 is 0. The zero-order valence-electron chi connectivity index (χ0n) is 5.71. The quantitative estimate of drug-likeness (QED) is 0.441. The number of hydrogen-bond donors (Lipinski definition) is 3. The minimum atomic E-state index is -0.243. The Morgan fingerprint density at radius 2 is 2.09 bits per heavy atom. The summed E-state index contributed by atoms with van der Waals surface area (Å²) in [5.41, 5.74) is 6.15. The van der Waals surface area contributed by atoms with Gasteiger partial charge in [0, 0.05) is 11.6 Å². The zero-order valence-corrected chi connectivity index (χ0v) is 6.47. The predicted molar refractivity (Wildman–Crippen MR) is 43.5 cm³/mol. The van der Waals surface area contributed by atoms with Gasteiger partial charge in [0.05, 0.1) is 17.3 Å². The van der Waals surface area contributed by atoms with E-state index in [0.29, 0.717) is 16.3 Å². The van der Waals surface area contributed by atoms with E-state index in [1.54, 1.807) is 0 Å². The van der Waals surface area contributed by atoms with Crippen LogP contribution in [0.25, 0.3) is 0 Å². The highest BCUT2D eigenvalue weighted by atomic mass is 35.5. The first kappa shape index (κ1) is 8.17. The molecule has 4 N–H and O–H groups in total. The lowest BCUT2D eigenvalue weighted by atomic mass is 10.2. The minimum Gasteiger partial charge on any atom is -0.508 e. The van der Waals surface area contributed by atoms with E-state index in [1.165, 1.54) is 12.1 Å². The van der Waals surface area contributed by atoms with Crippen molar-refractivity contribution >= 4 is 17.3 Å². The molecule has 0 spiro atoms. The Bertz CT molecular complexity index is 275. The van der Waals surface area contributed by atoms with Crippen LogP contribution in [0.2, 0.25) is 5.02 Å². The molecule has 0 amide bonds. The first-order chi connectivity index (χ1) is 5.15. The molecule has 3 nitrogen and oxygen atoms in total. The van der Waals surface area contributed by atoms with Crippen LogP contribution >= 0.6 is 11.6 Å². The molecule has 0 unspecified atom stereocenters. The molecular formula is C7H8ClNO2. The average molecular weight is 174 g/mol. The van der Waals surface area contributed by atoms with Crippen molar-refractivity contribution in [3.05, 3.63) is 22.7 Å². The number of rotatable bonds is 1. The number of phenols is 1. The fourth-order valence-corrected chi connectivity index (χ4v) is 0.911. The van der Waals surface area contributed by atoms with Crippen LogP contribution in [0, 0.1) is 0 Å². The number of nitrogen functional groups attached to an aromatic ring is 1. The van der Waals surface area contributed by atoms with Crippen LogP contribution < -0.4 is 5.73 Å². The van der Waals surface area contributed by atoms with Gasteiger partial charge < -0.3 is 15.9 Å². The number of nitrogens with two attached hydrogens (primary N) is 1. The maximum Gasteiger partial charge on any atom is 0.122 e. The topological polar surface area (TPSA) is 66.5 Å². The van der Waals surface area contributed by atoms with Crippen molar-refractivity contribution in [2.75, 3.05) is 5.73 Å². The third-order valence-corrected chi connectivity index (χ3v) is 1.70. The maximum absolute atomic E-state index is 9.12. The number of aliphatic hydroxyl groups excluding tert-OH is 1. The fourth-order valence-electron chi connectivity index (χ4n) is 0.753. The summed E-state index contributed by atoms with van der Waals surface area (Å²) in [5.74, 6) is -0.0355. The zero-order chi connectivity index (χ0) is 8.43. The number of aromatic hydroxyl groups is 1. The second-order valence-electron chi connectivity index (χ2n) is 2.16. The Morgan fingerprint density at radius 3 is 2.64 bits per heavy atom. The lowest BCUT2D eigenvalue weighted by molar-refractivity contribution is 0.275. The van der Waals surface area contributed by atoms with E-state index in [0.717, 1.165) is 0 Å². The molecule has 1 rings (SSSR count). The molecule has 0 atom stereocenters. The Balaban J connectivity index is 3.21. The monoisotopic (exact) mass is 173 g/mol. The SMILES string of the molecule is Nc1cc(CO)c(O)cc1Cl. The van der Waals surface area contributed by atoms with Crippen LogP contribution in [0.1, 0.15) is 5.56 Å². The van der Waals surface area contributed by atoms with Crippen molar-refractivity contribution in [1.82, 2.24) is 0 Å². The Labute approximate surface area is 69.0 Å². The van der Waals surface area contributed by atoms with Crippen LogP contribution in [0.3, 0.4) is 0 Å². The average Bonchev–Trinajstić information content (AvgIpc) is 1.97. The van der Waals surface area contributed by atoms with E-state index in [9.17, 15) is 0 Å². The largest absolute Gasteiger partial charge is 0.508 e. The fraction of sp³-hybridized carbons (Fsp3) is 0.143. The lowest BCUT2D eigenvalue weighted by Gasteiger charge is -2.03. The van der Waals surface area contributed by atoms with Crippen LogP contribution in [-0.4, -0.2) is 10.2 Å². The van der Waals surface area contributed by atoms with Gasteiger partial charge in [-0.05, 0) is 6.07 Å². The molecule has 1 aromatic carbocycles. The summed E-state index contributed by atoms with van der Waals surface area (Å²) in [6.45, 7) is -0.243. The standard InChI is InChI=1S/C7H8ClNO2/c8-5-2-7(11)4(3-10)1-6(5)9/h1-2,10-11H,3,9H2. The molecule has 0 aliphatic heterocycles. The van der Waals surface area contributed by atoms with Crippen molar-refractivity contribution in [3.8, 4) is 5.75 Å². The van der Waals surface area contributed by atoms with Crippen molar-refractivity contribution in [3.63, 3.8) is 0 Å². The van der Waals surface area contributed by atoms with Crippen molar-refractivity contribution in [2.45, 2.75) is 6.61 Å². The van der Waals surface area contributed by atoms with Crippen LogP contribution in [0.15, 0.2) is 12.1 Å². The molecule has 0 radical (unpaired) electrons. The summed E-state index contributed by atoms with van der Waals surface area (Å²) in [6.07, 6.45) is 0. The molecule has 1 aromatic rings. The Kier molecular flexibility index (Phi) is 2.22. The number of aliphatic hydroxyl groups is 1. The molecule has 0 heterocycles. The smallest absolute Gasteiger partial charge is 0.122 e. The number of anilines is 1. The minimum absolute atomic E-state index is 0.0355. The molecule has 0 fully saturated rings. The number of hydrogen-bond acceptors (Lipinski definition) is 3. The second-order valence-corrected chi connectivity index (χ2v) is 2.57. The summed E-state index contributed by atoms with van der Waals surface area (Å²) in [6, 6.07) is 2.75. The number of benzene rings is 1. The molecule has 60 valence electrons. The first-order valence-corrected chi connectivity index (χ1v) is 3.40. The highest BCUT2D eigenvalue weighted by Crippen LogP contribution is 2.27. The van der Waals surface area contributed by atoms with Gasteiger partial charge in [-0.1, -0.05) is 11.6 Å². The van der Waals surface area contributed by atoms with E-state index < -0.39 is 0 Å². The normalized spacial score (nSPS) is 10.0. The summed E-state index contributed by atoms with van der Waals surface area (Å²) >= 11 is 5.58. The van der Waals surface area contributed by atoms with Gasteiger partial charge in [-0.15, -0.1) is 0 Å². The highest BCUT2D eigenvalue weighted by molar-refractivity contribution is 6.33. The molecule has 0 aliphatic rings. The molecule has 11 heavy (non-hydrogen) atoms. The van der Waals surface area contributed by atoms with Crippen molar-refractivity contribution in [2.24, 2.45) is 0 Å². The molecule has 0 bridgehead atoms. The molecule has 0 aliphatic carbocycles. The second kappa shape index (κ2) is 2.98. The Morgan fingerprint density at radius 1 is 1.45 bits per heavy atom. The van der Waals surface area contributed by atoms with Crippen LogP contribution in [-0.2, 0) is 6.61 Å². The lowest BCUT2D eigenvalue weighted by Crippen LogP contribution is -1.90. The van der Waals surface area contributed by atoms with E-state index in [2.05, 4.69) is 0 Å². The predicted octanol–water partition coefficient (Wildman–Crippen LogP) is 1.12.